The summed E-state index contributed by atoms with van der Waals surface area (Å²) < 4.78 is 38.5. The molecule has 34 heavy (non-hydrogen) atoms. The van der Waals surface area contributed by atoms with Crippen LogP contribution in [0.4, 0.5) is 0 Å². The maximum atomic E-state index is 11.8. The largest absolute Gasteiger partial charge is 1.00 e. The quantitative estimate of drug-likeness (QED) is 0.408. The van der Waals surface area contributed by atoms with Crippen LogP contribution in [0, 0.1) is 52.3 Å². The van der Waals surface area contributed by atoms with E-state index in [9.17, 15) is 18.1 Å². The molecular formula is C27H48NaO5S+. The van der Waals surface area contributed by atoms with Gasteiger partial charge in [0.1, 0.15) is 0 Å². The van der Waals surface area contributed by atoms with Gasteiger partial charge in [-0.15, -0.1) is 0 Å². The summed E-state index contributed by atoms with van der Waals surface area (Å²) in [5, 5.41) is 10.4. The Hall–Kier alpha value is 0.830. The summed E-state index contributed by atoms with van der Waals surface area (Å²) in [7, 11) is -4.52. The summed E-state index contributed by atoms with van der Waals surface area (Å²) in [5.74, 6) is 3.84. The Kier molecular flexibility index (Phi) is 9.42. The van der Waals surface area contributed by atoms with Gasteiger partial charge in [0, 0.05) is 0 Å². The third kappa shape index (κ3) is 5.63. The monoisotopic (exact) mass is 507 g/mol. The van der Waals surface area contributed by atoms with Crippen molar-refractivity contribution in [1.29, 1.82) is 0 Å². The van der Waals surface area contributed by atoms with Crippen LogP contribution < -0.4 is 29.6 Å². The summed E-state index contributed by atoms with van der Waals surface area (Å²) in [6.45, 7) is 11.9. The van der Waals surface area contributed by atoms with E-state index in [4.69, 9.17) is 4.18 Å². The molecule has 0 heterocycles. The van der Waals surface area contributed by atoms with Crippen molar-refractivity contribution in [2.75, 3.05) is 0 Å². The van der Waals surface area contributed by atoms with E-state index in [1.807, 2.05) is 0 Å². The zero-order valence-electron chi connectivity index (χ0n) is 22.5. The summed E-state index contributed by atoms with van der Waals surface area (Å²) in [6.07, 6.45) is 11.0. The molecule has 5 nitrogen and oxygen atoms in total. The first-order valence-electron chi connectivity index (χ1n) is 13.7. The van der Waals surface area contributed by atoms with Gasteiger partial charge in [0.25, 0.3) is 0 Å². The predicted molar refractivity (Wildman–Crippen MR) is 131 cm³/mol. The van der Waals surface area contributed by atoms with Crippen LogP contribution in [0.2, 0.25) is 0 Å². The van der Waals surface area contributed by atoms with Gasteiger partial charge < -0.3 is 5.11 Å². The normalized spacial score (nSPS) is 45.1. The molecule has 2 N–H and O–H groups in total. The molecule has 0 aromatic carbocycles. The van der Waals surface area contributed by atoms with Gasteiger partial charge in [-0.25, -0.2) is 4.18 Å². The summed E-state index contributed by atoms with van der Waals surface area (Å²) in [5.41, 5.74) is 0.290. The first-order valence-corrected chi connectivity index (χ1v) is 15.1. The van der Waals surface area contributed by atoms with E-state index in [1.54, 1.807) is 0 Å². The van der Waals surface area contributed by atoms with Crippen molar-refractivity contribution in [1.82, 2.24) is 0 Å². The second kappa shape index (κ2) is 10.9. The van der Waals surface area contributed by atoms with Gasteiger partial charge in [0.05, 0.1) is 12.2 Å². The van der Waals surface area contributed by atoms with Crippen LogP contribution >= 0.6 is 0 Å². The Morgan fingerprint density at radius 2 is 1.56 bits per heavy atom. The molecule has 10 atom stereocenters. The second-order valence-electron chi connectivity index (χ2n) is 13.2. The Bertz CT molecular complexity index is 803. The van der Waals surface area contributed by atoms with E-state index < -0.39 is 22.6 Å². The molecule has 4 fully saturated rings. The predicted octanol–water partition coefficient (Wildman–Crippen LogP) is 3.27. The molecule has 0 aromatic rings. The topological polar surface area (TPSA) is 83.8 Å². The third-order valence-corrected chi connectivity index (χ3v) is 11.6. The van der Waals surface area contributed by atoms with Crippen molar-refractivity contribution in [2.45, 2.75) is 117 Å². The van der Waals surface area contributed by atoms with Crippen molar-refractivity contribution in [3.8, 4) is 0 Å². The molecule has 0 spiro atoms. The van der Waals surface area contributed by atoms with Gasteiger partial charge in [-0.1, -0.05) is 53.9 Å². The molecule has 0 aromatic heterocycles. The van der Waals surface area contributed by atoms with Gasteiger partial charge in [0.2, 0.25) is 0 Å². The van der Waals surface area contributed by atoms with E-state index in [0.717, 1.165) is 30.6 Å². The molecule has 4 aliphatic rings. The summed E-state index contributed by atoms with van der Waals surface area (Å²) >= 11 is 0. The van der Waals surface area contributed by atoms with Gasteiger partial charge in [-0.05, 0) is 104 Å². The Labute approximate surface area is 230 Å². The van der Waals surface area contributed by atoms with Gasteiger partial charge in [0.15, 0.2) is 0 Å². The van der Waals surface area contributed by atoms with Crippen LogP contribution in [0.5, 0.6) is 0 Å². The second-order valence-corrected chi connectivity index (χ2v) is 14.3. The Morgan fingerprint density at radius 3 is 2.21 bits per heavy atom. The smallest absolute Gasteiger partial charge is 0.393 e. The van der Waals surface area contributed by atoms with Crippen molar-refractivity contribution < 1.29 is 51.8 Å². The molecule has 0 aliphatic heterocycles. The minimum atomic E-state index is -4.52. The maximum absolute atomic E-state index is 11.8. The molecule has 0 amide bonds. The van der Waals surface area contributed by atoms with Crippen LogP contribution in [-0.2, 0) is 14.6 Å². The Balaban J connectivity index is 0.00000324. The van der Waals surface area contributed by atoms with E-state index >= 15 is 0 Å². The van der Waals surface area contributed by atoms with E-state index in [0.29, 0.717) is 36.0 Å². The molecular weight excluding hydrogens is 459 g/mol. The Morgan fingerprint density at radius 1 is 0.912 bits per heavy atom. The number of fused-ring (bicyclic) bond motifs is 5. The molecule has 0 bridgehead atoms. The van der Waals surface area contributed by atoms with Crippen LogP contribution in [0.1, 0.15) is 105 Å². The molecule has 5 unspecified atom stereocenters. The zero-order valence-corrected chi connectivity index (χ0v) is 25.3. The SMILES string of the molecule is CC(C)CCC[C@@H](C)C1CCC2[C@@H]3CC(OS(=O)(=O)O)C4C[C@@H](O)CC[C@]4(C)C3CC[C@@]21C.[Na+]. The van der Waals surface area contributed by atoms with E-state index in [1.165, 1.54) is 44.9 Å². The minimum Gasteiger partial charge on any atom is -0.393 e. The maximum Gasteiger partial charge on any atom is 1.00 e. The van der Waals surface area contributed by atoms with Crippen LogP contribution in [0.3, 0.4) is 0 Å². The number of hydrogen-bond donors (Lipinski definition) is 2. The average molecular weight is 508 g/mol. The summed E-state index contributed by atoms with van der Waals surface area (Å²) in [4.78, 5) is 0. The van der Waals surface area contributed by atoms with Gasteiger partial charge in [-0.3, -0.25) is 4.55 Å². The van der Waals surface area contributed by atoms with Crippen LogP contribution in [-0.4, -0.2) is 30.3 Å². The minimum absolute atomic E-state index is 0. The molecule has 4 rings (SSSR count). The standard InChI is InChI=1S/C27H48O5S.Na/c1-17(2)7-6-8-18(3)21-9-10-22-20-16-25(32-33(29,30)31)24-15-19(28)11-13-27(24,5)23(20)12-14-26(21,22)4;/h17-25,28H,6-16H2,1-5H3,(H,29,30,31);/q;+1/t18-,19+,20+,21?,22?,23?,24?,25?,26-,27-;/m1./s1. The zero-order chi connectivity index (χ0) is 24.2. The molecule has 4 aliphatic carbocycles. The van der Waals surface area contributed by atoms with Gasteiger partial charge in [-0.2, -0.15) is 8.42 Å². The number of rotatable bonds is 7. The first-order chi connectivity index (χ1) is 15.3. The van der Waals surface area contributed by atoms with Crippen LogP contribution in [0.15, 0.2) is 0 Å². The average Bonchev–Trinajstić information content (AvgIpc) is 3.05. The summed E-state index contributed by atoms with van der Waals surface area (Å²) in [6, 6.07) is 0. The van der Waals surface area contributed by atoms with E-state index in [-0.39, 0.29) is 40.9 Å². The molecule has 7 heteroatoms. The van der Waals surface area contributed by atoms with Crippen molar-refractivity contribution >= 4 is 10.4 Å². The fourth-order valence-corrected chi connectivity index (χ4v) is 10.1. The fourth-order valence-electron chi connectivity index (χ4n) is 9.53. The molecule has 4 saturated carbocycles. The van der Waals surface area contributed by atoms with Crippen molar-refractivity contribution in [3.63, 3.8) is 0 Å². The number of hydrogen-bond acceptors (Lipinski definition) is 4. The number of aliphatic hydroxyl groups excluding tert-OH is 1. The number of aliphatic hydroxyl groups is 1. The first kappa shape index (κ1) is 29.4. The van der Waals surface area contributed by atoms with Crippen LogP contribution in [0.25, 0.3) is 0 Å². The third-order valence-electron chi connectivity index (χ3n) is 11.1. The van der Waals surface area contributed by atoms with Crippen molar-refractivity contribution in [2.24, 2.45) is 52.3 Å². The molecule has 0 saturated heterocycles. The van der Waals surface area contributed by atoms with E-state index in [2.05, 4.69) is 34.6 Å². The van der Waals surface area contributed by atoms with Crippen molar-refractivity contribution in [3.05, 3.63) is 0 Å². The van der Waals surface area contributed by atoms with Gasteiger partial charge >= 0.3 is 40.0 Å². The molecule has 192 valence electrons. The fraction of sp³-hybridized carbons (Fsp3) is 1.00. The molecule has 0 radical (unpaired) electrons.